The minimum absolute atomic E-state index is 0.117. The van der Waals surface area contributed by atoms with Crippen LogP contribution in [0.15, 0.2) is 36.4 Å². The standard InChI is InChI=1S/C15H15Cl2FN2/c1-9-7-11(16)5-6-12(9)14(20-19)8-10-3-2-4-13(17)15(10)18/h2-7,14,20H,8,19H2,1H3. The van der Waals surface area contributed by atoms with E-state index in [1.165, 1.54) is 6.07 Å². The maximum Gasteiger partial charge on any atom is 0.145 e. The Morgan fingerprint density at radius 3 is 2.65 bits per heavy atom. The molecule has 0 spiro atoms. The summed E-state index contributed by atoms with van der Waals surface area (Å²) in [5.74, 6) is 5.21. The van der Waals surface area contributed by atoms with Crippen LogP contribution in [0.3, 0.4) is 0 Å². The molecule has 1 atom stereocenters. The topological polar surface area (TPSA) is 38.0 Å². The van der Waals surface area contributed by atoms with Gasteiger partial charge >= 0.3 is 0 Å². The number of rotatable bonds is 4. The summed E-state index contributed by atoms with van der Waals surface area (Å²) in [6, 6.07) is 10.3. The van der Waals surface area contributed by atoms with E-state index >= 15 is 0 Å². The van der Waals surface area contributed by atoms with Gasteiger partial charge in [-0.25, -0.2) is 4.39 Å². The molecule has 0 radical (unpaired) electrons. The molecule has 0 aliphatic carbocycles. The number of hydrogen-bond acceptors (Lipinski definition) is 2. The van der Waals surface area contributed by atoms with E-state index in [9.17, 15) is 4.39 Å². The molecule has 106 valence electrons. The van der Waals surface area contributed by atoms with Gasteiger partial charge in [-0.05, 0) is 48.2 Å². The molecule has 0 aromatic heterocycles. The van der Waals surface area contributed by atoms with Gasteiger partial charge in [0.25, 0.3) is 0 Å². The van der Waals surface area contributed by atoms with Crippen molar-refractivity contribution < 1.29 is 4.39 Å². The molecule has 5 heteroatoms. The third-order valence-electron chi connectivity index (χ3n) is 3.26. The smallest absolute Gasteiger partial charge is 0.145 e. The lowest BCUT2D eigenvalue weighted by molar-refractivity contribution is 0.527. The van der Waals surface area contributed by atoms with Crippen LogP contribution >= 0.6 is 23.2 Å². The van der Waals surface area contributed by atoms with Crippen LogP contribution < -0.4 is 11.3 Å². The van der Waals surface area contributed by atoms with Crippen LogP contribution in [-0.2, 0) is 6.42 Å². The lowest BCUT2D eigenvalue weighted by Gasteiger charge is -2.19. The van der Waals surface area contributed by atoms with E-state index in [0.717, 1.165) is 11.1 Å². The fourth-order valence-electron chi connectivity index (χ4n) is 2.21. The van der Waals surface area contributed by atoms with Crippen LogP contribution in [0.2, 0.25) is 10.0 Å². The van der Waals surface area contributed by atoms with Crippen molar-refractivity contribution in [3.8, 4) is 0 Å². The fourth-order valence-corrected chi connectivity index (χ4v) is 2.64. The molecule has 0 fully saturated rings. The maximum absolute atomic E-state index is 14.0. The van der Waals surface area contributed by atoms with Crippen LogP contribution in [0.1, 0.15) is 22.7 Å². The molecule has 0 saturated carbocycles. The van der Waals surface area contributed by atoms with Crippen molar-refractivity contribution in [1.82, 2.24) is 5.43 Å². The summed E-state index contributed by atoms with van der Waals surface area (Å²) in [6.07, 6.45) is 0.408. The van der Waals surface area contributed by atoms with E-state index in [2.05, 4.69) is 5.43 Å². The van der Waals surface area contributed by atoms with Gasteiger partial charge in [0.05, 0.1) is 11.1 Å². The Morgan fingerprint density at radius 2 is 2.00 bits per heavy atom. The van der Waals surface area contributed by atoms with E-state index in [1.54, 1.807) is 18.2 Å². The molecule has 0 bridgehead atoms. The van der Waals surface area contributed by atoms with Crippen molar-refractivity contribution in [2.24, 2.45) is 5.84 Å². The maximum atomic E-state index is 14.0. The van der Waals surface area contributed by atoms with Crippen LogP contribution in [-0.4, -0.2) is 0 Å². The van der Waals surface area contributed by atoms with Crippen molar-refractivity contribution >= 4 is 23.2 Å². The van der Waals surface area contributed by atoms with Crippen LogP contribution in [0.5, 0.6) is 0 Å². The van der Waals surface area contributed by atoms with E-state index in [0.29, 0.717) is 17.0 Å². The zero-order chi connectivity index (χ0) is 14.7. The third-order valence-corrected chi connectivity index (χ3v) is 3.79. The molecule has 2 rings (SSSR count). The Bertz CT molecular complexity index is 617. The predicted molar refractivity (Wildman–Crippen MR) is 81.4 cm³/mol. The molecular formula is C15H15Cl2FN2. The highest BCUT2D eigenvalue weighted by Gasteiger charge is 2.16. The second kappa shape index (κ2) is 6.55. The minimum Gasteiger partial charge on any atom is -0.271 e. The normalized spacial score (nSPS) is 12.4. The average molecular weight is 313 g/mol. The van der Waals surface area contributed by atoms with Crippen molar-refractivity contribution in [2.75, 3.05) is 0 Å². The number of nitrogens with one attached hydrogen (secondary N) is 1. The average Bonchev–Trinajstić information content (AvgIpc) is 2.41. The van der Waals surface area contributed by atoms with Crippen LogP contribution in [0.25, 0.3) is 0 Å². The van der Waals surface area contributed by atoms with Gasteiger partial charge in [-0.2, -0.15) is 0 Å². The number of hydrogen-bond donors (Lipinski definition) is 2. The van der Waals surface area contributed by atoms with Crippen molar-refractivity contribution in [3.63, 3.8) is 0 Å². The summed E-state index contributed by atoms with van der Waals surface area (Å²) < 4.78 is 14.0. The summed E-state index contributed by atoms with van der Waals surface area (Å²) in [6.45, 7) is 1.94. The number of hydrazine groups is 1. The Kier molecular flexibility index (Phi) is 5.00. The molecular weight excluding hydrogens is 298 g/mol. The van der Waals surface area contributed by atoms with Crippen molar-refractivity contribution in [1.29, 1.82) is 0 Å². The second-order valence-corrected chi connectivity index (χ2v) is 5.48. The molecule has 2 nitrogen and oxygen atoms in total. The highest BCUT2D eigenvalue weighted by Crippen LogP contribution is 2.26. The van der Waals surface area contributed by atoms with E-state index in [1.807, 2.05) is 19.1 Å². The molecule has 0 heterocycles. The molecule has 1 unspecified atom stereocenters. The molecule has 20 heavy (non-hydrogen) atoms. The van der Waals surface area contributed by atoms with Gasteiger partial charge in [0, 0.05) is 5.02 Å². The van der Waals surface area contributed by atoms with Gasteiger partial charge in [0.2, 0.25) is 0 Å². The lowest BCUT2D eigenvalue weighted by atomic mass is 9.95. The van der Waals surface area contributed by atoms with E-state index in [4.69, 9.17) is 29.0 Å². The van der Waals surface area contributed by atoms with Gasteiger partial charge in [-0.3, -0.25) is 11.3 Å². The highest BCUT2D eigenvalue weighted by atomic mass is 35.5. The molecule has 0 aliphatic rings. The van der Waals surface area contributed by atoms with Crippen molar-refractivity contribution in [3.05, 3.63) is 69.0 Å². The molecule has 2 aromatic carbocycles. The zero-order valence-corrected chi connectivity index (χ0v) is 12.5. The van der Waals surface area contributed by atoms with Gasteiger partial charge < -0.3 is 0 Å². The number of halogens is 3. The number of nitrogens with two attached hydrogens (primary N) is 1. The Morgan fingerprint density at radius 1 is 1.25 bits per heavy atom. The third kappa shape index (κ3) is 3.30. The quantitative estimate of drug-likeness (QED) is 0.656. The van der Waals surface area contributed by atoms with Crippen molar-refractivity contribution in [2.45, 2.75) is 19.4 Å². The lowest BCUT2D eigenvalue weighted by Crippen LogP contribution is -2.30. The van der Waals surface area contributed by atoms with Gasteiger partial charge in [-0.1, -0.05) is 41.4 Å². The molecule has 0 aliphatic heterocycles. The number of aryl methyl sites for hydroxylation is 1. The monoisotopic (exact) mass is 312 g/mol. The number of benzene rings is 2. The molecule has 0 saturated heterocycles. The van der Waals surface area contributed by atoms with Crippen LogP contribution in [0, 0.1) is 12.7 Å². The largest absolute Gasteiger partial charge is 0.271 e. The first kappa shape index (κ1) is 15.3. The first-order valence-corrected chi connectivity index (χ1v) is 6.93. The highest BCUT2D eigenvalue weighted by molar-refractivity contribution is 6.31. The van der Waals surface area contributed by atoms with Gasteiger partial charge in [-0.15, -0.1) is 0 Å². The van der Waals surface area contributed by atoms with E-state index < -0.39 is 5.82 Å². The Labute approximate surface area is 127 Å². The predicted octanol–water partition coefficient (Wildman–Crippen LogP) is 4.19. The molecule has 0 amide bonds. The fraction of sp³-hybridized carbons (Fsp3) is 0.200. The van der Waals surface area contributed by atoms with Gasteiger partial charge in [0.1, 0.15) is 5.82 Å². The van der Waals surface area contributed by atoms with E-state index in [-0.39, 0.29) is 11.1 Å². The first-order valence-electron chi connectivity index (χ1n) is 6.18. The Balaban J connectivity index is 2.31. The second-order valence-electron chi connectivity index (χ2n) is 4.64. The SMILES string of the molecule is Cc1cc(Cl)ccc1C(Cc1cccc(Cl)c1F)NN. The summed E-state index contributed by atoms with van der Waals surface area (Å²) >= 11 is 11.7. The Hall–Kier alpha value is -1.13. The summed E-state index contributed by atoms with van der Waals surface area (Å²) in [5, 5.41) is 0.780. The summed E-state index contributed by atoms with van der Waals surface area (Å²) in [5.41, 5.74) is 5.23. The first-order chi connectivity index (χ1) is 9.52. The minimum atomic E-state index is -0.402. The zero-order valence-electron chi connectivity index (χ0n) is 11.0. The molecule has 3 N–H and O–H groups in total. The summed E-state index contributed by atoms with van der Waals surface area (Å²) in [4.78, 5) is 0. The van der Waals surface area contributed by atoms with Crippen LogP contribution in [0.4, 0.5) is 4.39 Å². The summed E-state index contributed by atoms with van der Waals surface area (Å²) in [7, 11) is 0. The van der Waals surface area contributed by atoms with Gasteiger partial charge in [0.15, 0.2) is 0 Å². The molecule has 2 aromatic rings.